The van der Waals surface area contributed by atoms with E-state index in [1.54, 1.807) is 18.3 Å². The predicted molar refractivity (Wildman–Crippen MR) is 131 cm³/mol. The fourth-order valence-electron chi connectivity index (χ4n) is 4.12. The summed E-state index contributed by atoms with van der Waals surface area (Å²) in [6.45, 7) is 4.20. The van der Waals surface area contributed by atoms with Gasteiger partial charge >= 0.3 is 0 Å². The molecule has 2 unspecified atom stereocenters. The summed E-state index contributed by atoms with van der Waals surface area (Å²) >= 11 is 0. The second kappa shape index (κ2) is 9.40. The van der Waals surface area contributed by atoms with Gasteiger partial charge in [0, 0.05) is 31.5 Å². The Hall–Kier alpha value is -4.28. The molecule has 0 saturated heterocycles. The second-order valence-electron chi connectivity index (χ2n) is 8.60. The highest BCUT2D eigenvalue weighted by Gasteiger charge is 2.27. The molecular weight excluding hydrogens is 465 g/mol. The molecule has 0 bridgehead atoms. The fourth-order valence-corrected chi connectivity index (χ4v) is 4.12. The zero-order chi connectivity index (χ0) is 25.4. The molecule has 0 saturated carbocycles. The van der Waals surface area contributed by atoms with Gasteiger partial charge in [0.1, 0.15) is 22.4 Å². The maximum atomic E-state index is 15.1. The number of methoxy groups -OCH3 is 2. The first kappa shape index (κ1) is 23.5. The zero-order valence-corrected chi connectivity index (χ0v) is 20.6. The van der Waals surface area contributed by atoms with Crippen molar-refractivity contribution >= 4 is 23.1 Å². The first-order valence-electron chi connectivity index (χ1n) is 11.4. The van der Waals surface area contributed by atoms with Gasteiger partial charge in [0.15, 0.2) is 23.0 Å². The van der Waals surface area contributed by atoms with Gasteiger partial charge in [-0.05, 0) is 26.0 Å². The number of nitrogens with zero attached hydrogens (tertiary/aromatic N) is 7. The van der Waals surface area contributed by atoms with E-state index >= 15 is 4.39 Å². The molecule has 0 amide bonds. The number of pyridine rings is 1. The molecule has 0 aliphatic carbocycles. The fraction of sp³-hybridized carbons (Fsp3) is 0.320. The number of benzene rings is 1. The lowest BCUT2D eigenvalue weighted by atomic mass is 10.0. The molecule has 36 heavy (non-hydrogen) atoms. The number of fused-ring (bicyclic) bond motifs is 1. The quantitative estimate of drug-likeness (QED) is 0.406. The highest BCUT2D eigenvalue weighted by molar-refractivity contribution is 5.73. The molecule has 1 aliphatic rings. The van der Waals surface area contributed by atoms with E-state index in [-0.39, 0.29) is 29.9 Å². The lowest BCUT2D eigenvalue weighted by molar-refractivity contribution is 0.287. The van der Waals surface area contributed by atoms with Gasteiger partial charge in [-0.1, -0.05) is 5.16 Å². The summed E-state index contributed by atoms with van der Waals surface area (Å²) in [4.78, 5) is 14.2. The molecule has 5 rings (SSSR count). The molecule has 11 heteroatoms. The molecule has 1 aliphatic heterocycles. The van der Waals surface area contributed by atoms with Crippen LogP contribution in [0.15, 0.2) is 51.1 Å². The van der Waals surface area contributed by atoms with Crippen LogP contribution in [0.2, 0.25) is 0 Å². The Kier molecular flexibility index (Phi) is 6.13. The smallest absolute Gasteiger partial charge is 0.190 e. The van der Waals surface area contributed by atoms with Crippen molar-refractivity contribution in [2.45, 2.75) is 32.4 Å². The average molecular weight is 492 g/mol. The number of hydrogen-bond donors (Lipinski definition) is 0. The van der Waals surface area contributed by atoms with Gasteiger partial charge in [-0.2, -0.15) is 5.10 Å². The Labute approximate surface area is 206 Å². The lowest BCUT2D eigenvalue weighted by Gasteiger charge is -2.20. The average Bonchev–Trinajstić information content (AvgIpc) is 3.45. The lowest BCUT2D eigenvalue weighted by Crippen LogP contribution is -2.26. The van der Waals surface area contributed by atoms with Crippen molar-refractivity contribution in [2.75, 3.05) is 21.3 Å². The molecule has 2 atom stereocenters. The van der Waals surface area contributed by atoms with E-state index < -0.39 is 5.82 Å². The van der Waals surface area contributed by atoms with E-state index in [2.05, 4.69) is 27.2 Å². The maximum Gasteiger partial charge on any atom is 0.190 e. The van der Waals surface area contributed by atoms with Crippen molar-refractivity contribution < 1.29 is 18.4 Å². The van der Waals surface area contributed by atoms with E-state index in [0.717, 1.165) is 11.4 Å². The number of likely N-dealkylation sites (N-methyl/N-ethyl adjacent to an activating group) is 1. The van der Waals surface area contributed by atoms with Crippen molar-refractivity contribution in [1.82, 2.24) is 24.7 Å². The van der Waals surface area contributed by atoms with Crippen molar-refractivity contribution in [3.05, 3.63) is 65.0 Å². The summed E-state index contributed by atoms with van der Waals surface area (Å²) in [6, 6.07) is 8.52. The van der Waals surface area contributed by atoms with Crippen LogP contribution in [0.3, 0.4) is 0 Å². The van der Waals surface area contributed by atoms with Gasteiger partial charge < -0.3 is 18.6 Å². The summed E-state index contributed by atoms with van der Waals surface area (Å²) in [5.41, 5.74) is 3.27. The predicted octanol–water partition coefficient (Wildman–Crippen LogP) is 3.57. The van der Waals surface area contributed by atoms with Crippen LogP contribution >= 0.6 is 0 Å². The number of ether oxygens (including phenoxy) is 2. The number of hydrazone groups is 1. The van der Waals surface area contributed by atoms with Gasteiger partial charge in [0.2, 0.25) is 0 Å². The molecule has 10 nitrogen and oxygen atoms in total. The van der Waals surface area contributed by atoms with Crippen molar-refractivity contribution in [2.24, 2.45) is 10.1 Å². The van der Waals surface area contributed by atoms with Crippen molar-refractivity contribution in [1.29, 1.82) is 0 Å². The summed E-state index contributed by atoms with van der Waals surface area (Å²) in [7, 11) is 4.82. The van der Waals surface area contributed by atoms with E-state index in [0.29, 0.717) is 28.2 Å². The zero-order valence-electron chi connectivity index (χ0n) is 20.6. The van der Waals surface area contributed by atoms with Gasteiger partial charge in [-0.25, -0.2) is 14.4 Å². The maximum absolute atomic E-state index is 15.1. The van der Waals surface area contributed by atoms with Crippen LogP contribution in [-0.2, 0) is 6.54 Å². The van der Waals surface area contributed by atoms with E-state index in [1.807, 2.05) is 35.8 Å². The molecule has 1 aromatic carbocycles. The monoisotopic (exact) mass is 491 g/mol. The topological polar surface area (TPSA) is 103 Å². The second-order valence-corrected chi connectivity index (χ2v) is 8.60. The van der Waals surface area contributed by atoms with Crippen LogP contribution in [0, 0.1) is 12.7 Å². The minimum absolute atomic E-state index is 0.0199. The van der Waals surface area contributed by atoms with E-state index in [4.69, 9.17) is 19.0 Å². The Bertz CT molecular complexity index is 1530. The standard InChI is InChI=1S/C25H26FN7O3/c1-14-8-17(36-31-14)13-33-23(29-20-9-16(34-4)10-22(35-5)24(20)26)7-6-19-25(33)30-21(12-27-19)18-11-28-32(3)15(18)2/h6-12,15,18H,13H2,1-5H3. The van der Waals surface area contributed by atoms with Crippen LogP contribution in [0.1, 0.15) is 30.0 Å². The number of rotatable bonds is 6. The first-order valence-corrected chi connectivity index (χ1v) is 11.4. The van der Waals surface area contributed by atoms with E-state index in [1.165, 1.54) is 26.4 Å². The van der Waals surface area contributed by atoms with Gasteiger partial charge in [-0.3, -0.25) is 9.99 Å². The Morgan fingerprint density at radius 2 is 2.00 bits per heavy atom. The molecule has 3 aromatic heterocycles. The number of aromatic nitrogens is 4. The van der Waals surface area contributed by atoms with Crippen LogP contribution < -0.4 is 15.0 Å². The number of halogens is 1. The summed E-state index contributed by atoms with van der Waals surface area (Å²) in [5.74, 6) is 0.443. The molecule has 186 valence electrons. The first-order chi connectivity index (χ1) is 17.4. The summed E-state index contributed by atoms with van der Waals surface area (Å²) < 4.78 is 32.9. The third kappa shape index (κ3) is 4.28. The minimum atomic E-state index is -0.598. The summed E-state index contributed by atoms with van der Waals surface area (Å²) in [5, 5.41) is 10.3. The summed E-state index contributed by atoms with van der Waals surface area (Å²) in [6.07, 6.45) is 3.64. The molecule has 0 spiro atoms. The number of aryl methyl sites for hydroxylation is 1. The molecule has 4 heterocycles. The largest absolute Gasteiger partial charge is 0.497 e. The Balaban J connectivity index is 1.73. The minimum Gasteiger partial charge on any atom is -0.497 e. The van der Waals surface area contributed by atoms with E-state index in [9.17, 15) is 0 Å². The molecule has 4 aromatic rings. The van der Waals surface area contributed by atoms with Crippen molar-refractivity contribution in [3.8, 4) is 11.5 Å². The Morgan fingerprint density at radius 1 is 1.17 bits per heavy atom. The normalized spacial score (nSPS) is 17.8. The third-order valence-corrected chi connectivity index (χ3v) is 6.26. The van der Waals surface area contributed by atoms with Crippen LogP contribution in [-0.4, -0.2) is 58.2 Å². The van der Waals surface area contributed by atoms with Crippen LogP contribution in [0.4, 0.5) is 10.1 Å². The highest BCUT2D eigenvalue weighted by Crippen LogP contribution is 2.32. The number of hydrogen-bond acceptors (Lipinski definition) is 9. The highest BCUT2D eigenvalue weighted by atomic mass is 19.1. The van der Waals surface area contributed by atoms with Crippen LogP contribution in [0.25, 0.3) is 11.2 Å². The Morgan fingerprint density at radius 3 is 2.67 bits per heavy atom. The molecular formula is C25H26FN7O3. The molecule has 0 fully saturated rings. The molecule has 0 radical (unpaired) electrons. The van der Waals surface area contributed by atoms with Crippen molar-refractivity contribution in [3.63, 3.8) is 0 Å². The van der Waals surface area contributed by atoms with Crippen LogP contribution in [0.5, 0.6) is 11.5 Å². The molecule has 0 N–H and O–H groups in total. The third-order valence-electron chi connectivity index (χ3n) is 6.26. The van der Waals surface area contributed by atoms with Gasteiger partial charge in [-0.15, -0.1) is 0 Å². The SMILES string of the molecule is COc1cc(N=c2ccc3ncc(C4C=NN(C)C4C)nc3n2Cc2cc(C)no2)c(F)c(OC)c1. The van der Waals surface area contributed by atoms with Gasteiger partial charge in [0.05, 0.1) is 50.3 Å². The van der Waals surface area contributed by atoms with Gasteiger partial charge in [0.25, 0.3) is 0 Å².